The summed E-state index contributed by atoms with van der Waals surface area (Å²) in [6.45, 7) is 4.42. The Kier molecular flexibility index (Phi) is 7.01. The Labute approximate surface area is 166 Å². The lowest BCUT2D eigenvalue weighted by molar-refractivity contribution is 0.628. The largest absolute Gasteiger partial charge is 0.369 e. The maximum Gasteiger partial charge on any atom is 0.133 e. The van der Waals surface area contributed by atoms with Crippen molar-refractivity contribution in [2.24, 2.45) is 0 Å². The van der Waals surface area contributed by atoms with Crippen LogP contribution in [0.3, 0.4) is 0 Å². The van der Waals surface area contributed by atoms with Gasteiger partial charge in [-0.1, -0.05) is 30.9 Å². The molecular weight excluding hydrogens is 379 g/mol. The van der Waals surface area contributed by atoms with Crippen LogP contribution in [-0.2, 0) is 6.42 Å². The number of benzene rings is 1. The quantitative estimate of drug-likeness (QED) is 0.452. The van der Waals surface area contributed by atoms with Gasteiger partial charge in [-0.3, -0.25) is 0 Å². The highest BCUT2D eigenvalue weighted by atomic mass is 32.2. The molecular formula is C20H19FN4S2. The van der Waals surface area contributed by atoms with E-state index in [2.05, 4.69) is 26.6 Å². The number of rotatable bonds is 9. The summed E-state index contributed by atoms with van der Waals surface area (Å²) in [4.78, 5) is 8.82. The minimum atomic E-state index is -0.244. The lowest BCUT2D eigenvalue weighted by atomic mass is 10.1. The van der Waals surface area contributed by atoms with Crippen molar-refractivity contribution in [2.75, 3.05) is 16.6 Å². The van der Waals surface area contributed by atoms with Gasteiger partial charge in [0.15, 0.2) is 0 Å². The van der Waals surface area contributed by atoms with Crippen molar-refractivity contribution in [3.8, 4) is 0 Å². The SMILES string of the molecule is C=CSNc1cnc(NCCc2nccs2)c(/C=C/c2ccc(F)cc2)c1. The van der Waals surface area contributed by atoms with Crippen molar-refractivity contribution in [2.45, 2.75) is 6.42 Å². The number of halogens is 1. The molecule has 3 rings (SSSR count). The van der Waals surface area contributed by atoms with Gasteiger partial charge in [0, 0.05) is 30.1 Å². The monoisotopic (exact) mass is 398 g/mol. The van der Waals surface area contributed by atoms with Crippen LogP contribution >= 0.6 is 23.3 Å². The smallest absolute Gasteiger partial charge is 0.133 e. The molecule has 0 fully saturated rings. The second kappa shape index (κ2) is 9.89. The maximum absolute atomic E-state index is 13.1. The number of hydrogen-bond acceptors (Lipinski definition) is 6. The molecule has 0 aliphatic carbocycles. The zero-order valence-electron chi connectivity index (χ0n) is 14.6. The Balaban J connectivity index is 1.75. The molecule has 0 radical (unpaired) electrons. The minimum absolute atomic E-state index is 0.244. The molecule has 0 bridgehead atoms. The normalized spacial score (nSPS) is 10.9. The number of thiazole rings is 1. The zero-order chi connectivity index (χ0) is 18.9. The summed E-state index contributed by atoms with van der Waals surface area (Å²) in [5.74, 6) is 0.546. The van der Waals surface area contributed by atoms with E-state index in [-0.39, 0.29) is 5.82 Å². The van der Waals surface area contributed by atoms with Gasteiger partial charge in [0.1, 0.15) is 11.6 Å². The summed E-state index contributed by atoms with van der Waals surface area (Å²) in [5.41, 5.74) is 2.74. The van der Waals surface area contributed by atoms with Crippen LogP contribution in [0, 0.1) is 5.82 Å². The third kappa shape index (κ3) is 5.94. The molecule has 0 aliphatic rings. The first-order chi connectivity index (χ1) is 13.2. The lowest BCUT2D eigenvalue weighted by Crippen LogP contribution is -2.07. The topological polar surface area (TPSA) is 49.8 Å². The van der Waals surface area contributed by atoms with Crippen molar-refractivity contribution in [3.63, 3.8) is 0 Å². The van der Waals surface area contributed by atoms with E-state index < -0.39 is 0 Å². The van der Waals surface area contributed by atoms with Crippen LogP contribution in [0.25, 0.3) is 12.2 Å². The van der Waals surface area contributed by atoms with Gasteiger partial charge in [-0.25, -0.2) is 14.4 Å². The number of pyridine rings is 1. The summed E-state index contributed by atoms with van der Waals surface area (Å²) >= 11 is 3.03. The summed E-state index contributed by atoms with van der Waals surface area (Å²) in [7, 11) is 0. The van der Waals surface area contributed by atoms with Crippen molar-refractivity contribution in [3.05, 3.63) is 82.0 Å². The molecule has 7 heteroatoms. The number of aromatic nitrogens is 2. The maximum atomic E-state index is 13.1. The molecule has 3 aromatic rings. The van der Waals surface area contributed by atoms with Gasteiger partial charge in [0.25, 0.3) is 0 Å². The first kappa shape index (κ1) is 19.1. The van der Waals surface area contributed by atoms with E-state index >= 15 is 0 Å². The second-order valence-electron chi connectivity index (χ2n) is 5.54. The van der Waals surface area contributed by atoms with Gasteiger partial charge >= 0.3 is 0 Å². The zero-order valence-corrected chi connectivity index (χ0v) is 16.2. The average Bonchev–Trinajstić information content (AvgIpc) is 3.20. The van der Waals surface area contributed by atoms with Crippen molar-refractivity contribution < 1.29 is 4.39 Å². The Morgan fingerprint density at radius 3 is 2.78 bits per heavy atom. The molecule has 2 N–H and O–H groups in total. The molecule has 1 aromatic carbocycles. The van der Waals surface area contributed by atoms with Crippen LogP contribution in [0.5, 0.6) is 0 Å². The van der Waals surface area contributed by atoms with Crippen molar-refractivity contribution in [1.82, 2.24) is 9.97 Å². The van der Waals surface area contributed by atoms with E-state index in [0.29, 0.717) is 0 Å². The number of nitrogens with one attached hydrogen (secondary N) is 2. The predicted molar refractivity (Wildman–Crippen MR) is 115 cm³/mol. The van der Waals surface area contributed by atoms with Crippen LogP contribution < -0.4 is 10.0 Å². The molecule has 0 aliphatic heterocycles. The number of nitrogens with zero attached hydrogens (tertiary/aromatic N) is 2. The van der Waals surface area contributed by atoms with Gasteiger partial charge in [-0.05, 0) is 41.1 Å². The first-order valence-corrected chi connectivity index (χ1v) is 10.1. The molecule has 2 heterocycles. The number of hydrogen-bond donors (Lipinski definition) is 2. The molecule has 2 aromatic heterocycles. The third-order valence-corrected chi connectivity index (χ3v) is 4.98. The summed E-state index contributed by atoms with van der Waals surface area (Å²) < 4.78 is 16.2. The molecule has 0 atom stereocenters. The van der Waals surface area contributed by atoms with Crippen LogP contribution in [0.4, 0.5) is 15.9 Å². The van der Waals surface area contributed by atoms with E-state index in [1.165, 1.54) is 24.1 Å². The standard InChI is InChI=1S/C20H19FN4S2/c1-2-27-25-18-13-16(6-3-15-4-7-17(21)8-5-15)20(24-14-18)23-10-9-19-22-11-12-26-19/h2-8,11-14,25H,1,9-10H2,(H,23,24)/b6-3+. The molecule has 0 saturated heterocycles. The van der Waals surface area contributed by atoms with Crippen LogP contribution in [-0.4, -0.2) is 16.5 Å². The Morgan fingerprint density at radius 1 is 1.19 bits per heavy atom. The number of anilines is 2. The average molecular weight is 399 g/mol. The summed E-state index contributed by atoms with van der Waals surface area (Å²) in [5, 5.41) is 8.15. The fourth-order valence-electron chi connectivity index (χ4n) is 2.35. The second-order valence-corrected chi connectivity index (χ2v) is 7.29. The Bertz CT molecular complexity index is 893. The molecule has 0 saturated carbocycles. The van der Waals surface area contributed by atoms with Crippen LogP contribution in [0.2, 0.25) is 0 Å². The van der Waals surface area contributed by atoms with Gasteiger partial charge in [0.2, 0.25) is 0 Å². The fourth-order valence-corrected chi connectivity index (χ4v) is 3.30. The predicted octanol–water partition coefficient (Wildman–Crippen LogP) is 5.71. The van der Waals surface area contributed by atoms with E-state index in [9.17, 15) is 4.39 Å². The molecule has 0 unspecified atom stereocenters. The molecule has 138 valence electrons. The first-order valence-electron chi connectivity index (χ1n) is 8.33. The van der Waals surface area contributed by atoms with Gasteiger partial charge < -0.3 is 10.0 Å². The Morgan fingerprint density at radius 2 is 2.04 bits per heavy atom. The molecule has 0 amide bonds. The highest BCUT2D eigenvalue weighted by Gasteiger charge is 2.04. The van der Waals surface area contributed by atoms with E-state index in [1.807, 2.05) is 29.8 Å². The third-order valence-electron chi connectivity index (χ3n) is 3.62. The highest BCUT2D eigenvalue weighted by Crippen LogP contribution is 2.22. The molecule has 4 nitrogen and oxygen atoms in total. The summed E-state index contributed by atoms with van der Waals surface area (Å²) in [6.07, 6.45) is 8.33. The van der Waals surface area contributed by atoms with Crippen molar-refractivity contribution in [1.29, 1.82) is 0 Å². The summed E-state index contributed by atoms with van der Waals surface area (Å²) in [6, 6.07) is 8.39. The van der Waals surface area contributed by atoms with Crippen molar-refractivity contribution >= 4 is 46.9 Å². The fraction of sp³-hybridized carbons (Fsp3) is 0.100. The van der Waals surface area contributed by atoms with Gasteiger partial charge in [0.05, 0.1) is 16.9 Å². The van der Waals surface area contributed by atoms with E-state index in [0.717, 1.165) is 40.6 Å². The van der Waals surface area contributed by atoms with Crippen LogP contribution in [0.1, 0.15) is 16.1 Å². The molecule has 0 spiro atoms. The van der Waals surface area contributed by atoms with Crippen LogP contribution in [0.15, 0.2) is 60.1 Å². The minimum Gasteiger partial charge on any atom is -0.369 e. The lowest BCUT2D eigenvalue weighted by Gasteiger charge is -2.10. The molecule has 27 heavy (non-hydrogen) atoms. The van der Waals surface area contributed by atoms with E-state index in [1.54, 1.807) is 35.1 Å². The Hall–Kier alpha value is -2.64. The van der Waals surface area contributed by atoms with E-state index in [4.69, 9.17) is 0 Å². The highest BCUT2D eigenvalue weighted by molar-refractivity contribution is 8.03. The van der Waals surface area contributed by atoms with Gasteiger partial charge in [-0.15, -0.1) is 11.3 Å². The van der Waals surface area contributed by atoms with Gasteiger partial charge in [-0.2, -0.15) is 0 Å².